The van der Waals surface area contributed by atoms with Crippen LogP contribution in [-0.2, 0) is 0 Å². The first-order valence-electron chi connectivity index (χ1n) is 3.88. The third-order valence-corrected chi connectivity index (χ3v) is 2.52. The maximum absolute atomic E-state index is 5.62. The fourth-order valence-corrected chi connectivity index (χ4v) is 0.975. The van der Waals surface area contributed by atoms with Crippen molar-refractivity contribution >= 4 is 28.4 Å². The SMILES string of the molecule is C=C(N)/N=C(NCC)\C(I)=C(\C)N. The summed E-state index contributed by atoms with van der Waals surface area (Å²) >= 11 is 2.11. The topological polar surface area (TPSA) is 76.4 Å². The van der Waals surface area contributed by atoms with E-state index >= 15 is 0 Å². The van der Waals surface area contributed by atoms with Crippen molar-refractivity contribution in [2.24, 2.45) is 16.5 Å². The van der Waals surface area contributed by atoms with Gasteiger partial charge < -0.3 is 16.8 Å². The molecule has 0 aliphatic heterocycles. The van der Waals surface area contributed by atoms with Crippen LogP contribution in [0.5, 0.6) is 0 Å². The Bertz CT molecular complexity index is 251. The van der Waals surface area contributed by atoms with Crippen LogP contribution in [0.3, 0.4) is 0 Å². The van der Waals surface area contributed by atoms with Crippen LogP contribution >= 0.6 is 22.6 Å². The number of amidine groups is 1. The largest absolute Gasteiger partial charge is 0.401 e. The monoisotopic (exact) mass is 294 g/mol. The van der Waals surface area contributed by atoms with Crippen LogP contribution in [0.4, 0.5) is 0 Å². The molecule has 5 heteroatoms. The van der Waals surface area contributed by atoms with Crippen molar-refractivity contribution in [1.82, 2.24) is 5.32 Å². The molecular formula is C8H15IN4. The van der Waals surface area contributed by atoms with Gasteiger partial charge in [0.25, 0.3) is 0 Å². The lowest BCUT2D eigenvalue weighted by molar-refractivity contribution is 0.962. The predicted octanol–water partition coefficient (Wildman–Crippen LogP) is 1.05. The molecule has 0 rings (SSSR count). The second-order valence-corrected chi connectivity index (χ2v) is 3.56. The minimum Gasteiger partial charge on any atom is -0.401 e. The molecule has 0 amide bonds. The molecule has 0 heterocycles. The average molecular weight is 294 g/mol. The third-order valence-electron chi connectivity index (χ3n) is 1.15. The van der Waals surface area contributed by atoms with E-state index in [1.807, 2.05) is 13.8 Å². The lowest BCUT2D eigenvalue weighted by atomic mass is 10.4. The molecule has 0 saturated heterocycles. The van der Waals surface area contributed by atoms with E-state index in [0.717, 1.165) is 10.1 Å². The smallest absolute Gasteiger partial charge is 0.143 e. The summed E-state index contributed by atoms with van der Waals surface area (Å²) in [5.41, 5.74) is 11.7. The van der Waals surface area contributed by atoms with Crippen molar-refractivity contribution in [1.29, 1.82) is 0 Å². The van der Waals surface area contributed by atoms with Crippen molar-refractivity contribution in [3.05, 3.63) is 21.7 Å². The van der Waals surface area contributed by atoms with Crippen LogP contribution in [0.25, 0.3) is 0 Å². The lowest BCUT2D eigenvalue weighted by Gasteiger charge is -2.08. The molecule has 0 aromatic rings. The van der Waals surface area contributed by atoms with Gasteiger partial charge in [0.05, 0.1) is 3.58 Å². The third kappa shape index (κ3) is 4.76. The van der Waals surface area contributed by atoms with Crippen molar-refractivity contribution < 1.29 is 0 Å². The summed E-state index contributed by atoms with van der Waals surface area (Å²) in [5, 5.41) is 3.06. The number of nitrogens with zero attached hydrogens (tertiary/aromatic N) is 1. The second-order valence-electron chi connectivity index (χ2n) is 2.48. The number of rotatable bonds is 3. The Morgan fingerprint density at radius 2 is 2.08 bits per heavy atom. The molecule has 0 fully saturated rings. The molecular weight excluding hydrogens is 279 g/mol. The standard InChI is InChI=1S/C8H15IN4/c1-4-12-8(13-6(3)11)7(9)5(2)10/h3-4,10-11H2,1-2H3,(H,12,13)/b7-5+. The highest BCUT2D eigenvalue weighted by Gasteiger charge is 2.04. The molecule has 0 spiro atoms. The van der Waals surface area contributed by atoms with Crippen LogP contribution in [0.15, 0.2) is 26.7 Å². The molecule has 0 aromatic carbocycles. The van der Waals surface area contributed by atoms with Crippen LogP contribution < -0.4 is 16.8 Å². The van der Waals surface area contributed by atoms with E-state index in [0.29, 0.717) is 11.5 Å². The lowest BCUT2D eigenvalue weighted by Crippen LogP contribution is -2.25. The van der Waals surface area contributed by atoms with Gasteiger partial charge in [0, 0.05) is 12.2 Å². The molecule has 0 radical (unpaired) electrons. The van der Waals surface area contributed by atoms with E-state index in [1.54, 1.807) is 0 Å². The van der Waals surface area contributed by atoms with Crippen LogP contribution in [-0.4, -0.2) is 12.4 Å². The molecule has 4 nitrogen and oxygen atoms in total. The van der Waals surface area contributed by atoms with E-state index in [2.05, 4.69) is 39.5 Å². The van der Waals surface area contributed by atoms with E-state index in [1.165, 1.54) is 0 Å². The second kappa shape index (κ2) is 5.85. The highest BCUT2D eigenvalue weighted by atomic mass is 127. The van der Waals surface area contributed by atoms with Gasteiger partial charge in [-0.25, -0.2) is 4.99 Å². The fraction of sp³-hybridized carbons (Fsp3) is 0.375. The highest BCUT2D eigenvalue weighted by molar-refractivity contribution is 14.1. The quantitative estimate of drug-likeness (QED) is 0.414. The van der Waals surface area contributed by atoms with Gasteiger partial charge in [-0.15, -0.1) is 0 Å². The Kier molecular flexibility index (Phi) is 5.52. The first kappa shape index (κ1) is 12.3. The van der Waals surface area contributed by atoms with Gasteiger partial charge in [0.15, 0.2) is 0 Å². The van der Waals surface area contributed by atoms with Crippen LogP contribution in [0.1, 0.15) is 13.8 Å². The Hall–Kier alpha value is -0.720. The fourth-order valence-electron chi connectivity index (χ4n) is 0.664. The summed E-state index contributed by atoms with van der Waals surface area (Å²) in [5.74, 6) is 0.946. The first-order chi connectivity index (χ1) is 5.99. The molecule has 0 atom stereocenters. The normalized spacial score (nSPS) is 13.6. The molecule has 5 N–H and O–H groups in total. The molecule has 0 bridgehead atoms. The number of likely N-dealkylation sites (N-methyl/N-ethyl adjacent to an activating group) is 1. The minimum atomic E-state index is 0.270. The van der Waals surface area contributed by atoms with Gasteiger partial charge in [-0.3, -0.25) is 0 Å². The summed E-state index contributed by atoms with van der Waals surface area (Å²) in [4.78, 5) is 4.03. The summed E-state index contributed by atoms with van der Waals surface area (Å²) in [7, 11) is 0. The van der Waals surface area contributed by atoms with Gasteiger partial charge in [-0.2, -0.15) is 0 Å². The zero-order chi connectivity index (χ0) is 10.4. The Labute approximate surface area is 92.3 Å². The minimum absolute atomic E-state index is 0.270. The zero-order valence-corrected chi connectivity index (χ0v) is 10.1. The summed E-state index contributed by atoms with van der Waals surface area (Å²) in [6.45, 7) is 8.06. The van der Waals surface area contributed by atoms with Gasteiger partial charge >= 0.3 is 0 Å². The Morgan fingerprint density at radius 1 is 1.54 bits per heavy atom. The molecule has 13 heavy (non-hydrogen) atoms. The number of hydrogen-bond acceptors (Lipinski definition) is 3. The number of halogens is 1. The Morgan fingerprint density at radius 3 is 2.38 bits per heavy atom. The molecule has 0 aromatic heterocycles. The maximum Gasteiger partial charge on any atom is 0.143 e. The maximum atomic E-state index is 5.62. The Balaban J connectivity index is 4.82. The van der Waals surface area contributed by atoms with E-state index in [-0.39, 0.29) is 5.82 Å². The molecule has 0 aliphatic rings. The first-order valence-corrected chi connectivity index (χ1v) is 4.96. The van der Waals surface area contributed by atoms with Crippen molar-refractivity contribution in [3.8, 4) is 0 Å². The average Bonchev–Trinajstić information content (AvgIpc) is 2.01. The number of allylic oxidation sites excluding steroid dienone is 1. The molecule has 74 valence electrons. The van der Waals surface area contributed by atoms with Crippen LogP contribution in [0, 0.1) is 0 Å². The zero-order valence-electron chi connectivity index (χ0n) is 7.89. The van der Waals surface area contributed by atoms with Gasteiger partial charge in [-0.05, 0) is 36.4 Å². The number of hydrogen-bond donors (Lipinski definition) is 3. The molecule has 0 saturated carbocycles. The van der Waals surface area contributed by atoms with Gasteiger partial charge in [0.2, 0.25) is 0 Å². The van der Waals surface area contributed by atoms with Gasteiger partial charge in [-0.1, -0.05) is 6.58 Å². The molecule has 0 unspecified atom stereocenters. The highest BCUT2D eigenvalue weighted by Crippen LogP contribution is 2.10. The van der Waals surface area contributed by atoms with E-state index < -0.39 is 0 Å². The van der Waals surface area contributed by atoms with E-state index in [9.17, 15) is 0 Å². The van der Waals surface area contributed by atoms with Crippen molar-refractivity contribution in [3.63, 3.8) is 0 Å². The summed E-state index contributed by atoms with van der Waals surface area (Å²) in [6, 6.07) is 0. The summed E-state index contributed by atoms with van der Waals surface area (Å²) < 4.78 is 0.867. The molecule has 0 aliphatic carbocycles. The van der Waals surface area contributed by atoms with Gasteiger partial charge in [0.1, 0.15) is 11.7 Å². The van der Waals surface area contributed by atoms with Crippen molar-refractivity contribution in [2.45, 2.75) is 13.8 Å². The number of aliphatic imine (C=N–C) groups is 1. The number of nitrogens with two attached hydrogens (primary N) is 2. The number of nitrogens with one attached hydrogen (secondary N) is 1. The predicted molar refractivity (Wildman–Crippen MR) is 65.3 cm³/mol. The van der Waals surface area contributed by atoms with Crippen LogP contribution in [0.2, 0.25) is 0 Å². The van der Waals surface area contributed by atoms with E-state index in [4.69, 9.17) is 11.5 Å². The van der Waals surface area contributed by atoms with Crippen molar-refractivity contribution in [2.75, 3.05) is 6.54 Å². The summed E-state index contributed by atoms with van der Waals surface area (Å²) in [6.07, 6.45) is 0.